The summed E-state index contributed by atoms with van der Waals surface area (Å²) in [5.74, 6) is -0.148. The molecule has 0 aliphatic carbocycles. The second-order valence-corrected chi connectivity index (χ2v) is 5.57. The van der Waals surface area contributed by atoms with Gasteiger partial charge < -0.3 is 9.47 Å². The Balaban J connectivity index is 1.67. The molecule has 2 aromatic rings. The van der Waals surface area contributed by atoms with E-state index in [1.807, 2.05) is 12.1 Å². The monoisotopic (exact) mass is 294 g/mol. The van der Waals surface area contributed by atoms with Crippen LogP contribution in [0.25, 0.3) is 0 Å². The van der Waals surface area contributed by atoms with Crippen molar-refractivity contribution in [1.82, 2.24) is 0 Å². The quantitative estimate of drug-likeness (QED) is 0.370. The van der Waals surface area contributed by atoms with Gasteiger partial charge >= 0.3 is 5.97 Å². The zero-order valence-electron chi connectivity index (χ0n) is 11.9. The summed E-state index contributed by atoms with van der Waals surface area (Å²) >= 11 is 0. The van der Waals surface area contributed by atoms with Gasteiger partial charge in [-0.15, -0.1) is 0 Å². The van der Waals surface area contributed by atoms with Gasteiger partial charge in [0.2, 0.25) is 0 Å². The van der Waals surface area contributed by atoms with Crippen molar-refractivity contribution in [2.75, 3.05) is 6.61 Å². The Morgan fingerprint density at radius 2 is 1.86 bits per heavy atom. The van der Waals surface area contributed by atoms with E-state index in [4.69, 9.17) is 9.47 Å². The first-order chi connectivity index (χ1) is 10.7. The molecule has 22 heavy (non-hydrogen) atoms. The largest absolute Gasteiger partial charge is 0.493 e. The number of esters is 1. The van der Waals surface area contributed by atoms with Crippen LogP contribution in [-0.4, -0.2) is 18.4 Å². The fourth-order valence-corrected chi connectivity index (χ4v) is 3.00. The highest BCUT2D eigenvalue weighted by Crippen LogP contribution is 2.37. The zero-order valence-corrected chi connectivity index (χ0v) is 11.9. The molecular weight excluding hydrogens is 280 g/mol. The van der Waals surface area contributed by atoms with Crippen LogP contribution < -0.4 is 9.47 Å². The van der Waals surface area contributed by atoms with Gasteiger partial charge in [-0.2, -0.15) is 0 Å². The Hall–Kier alpha value is -2.62. The molecule has 0 radical (unpaired) electrons. The number of ether oxygens (including phenoxy) is 2. The number of benzene rings is 2. The molecule has 0 aromatic heterocycles. The molecule has 2 heterocycles. The van der Waals surface area contributed by atoms with Gasteiger partial charge in [-0.3, -0.25) is 9.59 Å². The van der Waals surface area contributed by atoms with E-state index >= 15 is 0 Å². The minimum Gasteiger partial charge on any atom is -0.493 e. The lowest BCUT2D eigenvalue weighted by molar-refractivity contribution is -0.138. The standard InChI is InChI=1S/C18H14O4/c19-17(11-4-2-1-3-5-11)14-9-13-8-12-6-7-21-15(12)10-16(13)22-18(14)20/h1-5,8,10,14H,6-7,9H2. The highest BCUT2D eigenvalue weighted by molar-refractivity contribution is 6.09. The van der Waals surface area contributed by atoms with E-state index in [1.165, 1.54) is 0 Å². The van der Waals surface area contributed by atoms with Crippen LogP contribution in [0, 0.1) is 5.92 Å². The molecule has 2 aliphatic rings. The first-order valence-electron chi connectivity index (χ1n) is 7.32. The summed E-state index contributed by atoms with van der Waals surface area (Å²) in [6.07, 6.45) is 1.24. The molecule has 0 spiro atoms. The molecule has 1 atom stereocenters. The number of ketones is 1. The molecule has 2 aliphatic heterocycles. The summed E-state index contributed by atoms with van der Waals surface area (Å²) < 4.78 is 10.9. The lowest BCUT2D eigenvalue weighted by Crippen LogP contribution is -2.33. The van der Waals surface area contributed by atoms with Gasteiger partial charge in [-0.05, 0) is 23.6 Å². The lowest BCUT2D eigenvalue weighted by atomic mass is 9.88. The van der Waals surface area contributed by atoms with Crippen LogP contribution in [0.5, 0.6) is 11.5 Å². The van der Waals surface area contributed by atoms with Gasteiger partial charge in [0.05, 0.1) is 6.61 Å². The maximum absolute atomic E-state index is 12.5. The molecule has 0 fully saturated rings. The van der Waals surface area contributed by atoms with E-state index in [-0.39, 0.29) is 5.78 Å². The molecule has 2 aromatic carbocycles. The third-order valence-corrected chi connectivity index (χ3v) is 4.17. The predicted octanol–water partition coefficient (Wildman–Crippen LogP) is 2.58. The van der Waals surface area contributed by atoms with Crippen LogP contribution in [0.4, 0.5) is 0 Å². The first kappa shape index (κ1) is 13.1. The molecule has 1 unspecified atom stereocenters. The molecule has 0 saturated carbocycles. The first-order valence-corrected chi connectivity index (χ1v) is 7.32. The van der Waals surface area contributed by atoms with E-state index in [1.54, 1.807) is 30.3 Å². The zero-order chi connectivity index (χ0) is 15.1. The number of carbonyl (C=O) groups excluding carboxylic acids is 2. The normalized spacial score (nSPS) is 18.9. The SMILES string of the molecule is O=C1Oc2cc3c(cc2CC1C(=O)c1ccccc1)CCO3. The fraction of sp³-hybridized carbons (Fsp3) is 0.222. The Morgan fingerprint density at radius 1 is 1.05 bits per heavy atom. The highest BCUT2D eigenvalue weighted by Gasteiger charge is 2.35. The molecule has 110 valence electrons. The minimum absolute atomic E-state index is 0.187. The second kappa shape index (κ2) is 4.98. The van der Waals surface area contributed by atoms with Crippen molar-refractivity contribution < 1.29 is 19.1 Å². The number of carbonyl (C=O) groups is 2. The van der Waals surface area contributed by atoms with Gasteiger partial charge in [0, 0.05) is 18.1 Å². The van der Waals surface area contributed by atoms with Crippen molar-refractivity contribution in [3.05, 3.63) is 59.2 Å². The lowest BCUT2D eigenvalue weighted by Gasteiger charge is -2.23. The third kappa shape index (κ3) is 2.08. The van der Waals surface area contributed by atoms with Gasteiger partial charge in [0.15, 0.2) is 5.78 Å². The van der Waals surface area contributed by atoms with Crippen molar-refractivity contribution in [3.8, 4) is 11.5 Å². The number of hydrogen-bond acceptors (Lipinski definition) is 4. The molecule has 0 amide bonds. The average Bonchev–Trinajstić information content (AvgIpc) is 2.99. The van der Waals surface area contributed by atoms with Gasteiger partial charge in [-0.1, -0.05) is 30.3 Å². The Morgan fingerprint density at radius 3 is 2.68 bits per heavy atom. The van der Waals surface area contributed by atoms with Crippen molar-refractivity contribution in [1.29, 1.82) is 0 Å². The van der Waals surface area contributed by atoms with Crippen molar-refractivity contribution in [3.63, 3.8) is 0 Å². The number of Topliss-reactive ketones (excluding diaryl/α,β-unsaturated/α-hetero) is 1. The van der Waals surface area contributed by atoms with Crippen molar-refractivity contribution >= 4 is 11.8 Å². The van der Waals surface area contributed by atoms with Crippen LogP contribution in [-0.2, 0) is 17.6 Å². The molecule has 4 nitrogen and oxygen atoms in total. The van der Waals surface area contributed by atoms with E-state index in [0.717, 1.165) is 23.3 Å². The van der Waals surface area contributed by atoms with Crippen molar-refractivity contribution in [2.45, 2.75) is 12.8 Å². The van der Waals surface area contributed by atoms with Gasteiger partial charge in [-0.25, -0.2) is 0 Å². The number of rotatable bonds is 2. The second-order valence-electron chi connectivity index (χ2n) is 5.57. The average molecular weight is 294 g/mol. The van der Waals surface area contributed by atoms with Gasteiger partial charge in [0.25, 0.3) is 0 Å². The summed E-state index contributed by atoms with van der Waals surface area (Å²) in [6, 6.07) is 12.6. The van der Waals surface area contributed by atoms with E-state index in [9.17, 15) is 9.59 Å². The maximum atomic E-state index is 12.5. The Bertz CT molecular complexity index is 764. The van der Waals surface area contributed by atoms with Crippen LogP contribution in [0.3, 0.4) is 0 Å². The smallest absolute Gasteiger partial charge is 0.322 e. The van der Waals surface area contributed by atoms with E-state index in [2.05, 4.69) is 0 Å². The van der Waals surface area contributed by atoms with Crippen molar-refractivity contribution in [2.24, 2.45) is 5.92 Å². The predicted molar refractivity (Wildman–Crippen MR) is 79.2 cm³/mol. The third-order valence-electron chi connectivity index (χ3n) is 4.17. The van der Waals surface area contributed by atoms with Crippen LogP contribution in [0.1, 0.15) is 21.5 Å². The summed E-state index contributed by atoms with van der Waals surface area (Å²) in [7, 11) is 0. The fourth-order valence-electron chi connectivity index (χ4n) is 3.00. The number of fused-ring (bicyclic) bond motifs is 2. The summed E-state index contributed by atoms with van der Waals surface area (Å²) in [4.78, 5) is 24.7. The highest BCUT2D eigenvalue weighted by atomic mass is 16.5. The summed E-state index contributed by atoms with van der Waals surface area (Å²) in [5, 5.41) is 0. The molecule has 4 heteroatoms. The summed E-state index contributed by atoms with van der Waals surface area (Å²) in [6.45, 7) is 0.651. The molecular formula is C18H14O4. The topological polar surface area (TPSA) is 52.6 Å². The van der Waals surface area contributed by atoms with Crippen LogP contribution in [0.2, 0.25) is 0 Å². The molecule has 0 bridgehead atoms. The Kier molecular flexibility index (Phi) is 2.96. The minimum atomic E-state index is -0.768. The summed E-state index contributed by atoms with van der Waals surface area (Å²) in [5.41, 5.74) is 2.55. The molecule has 4 rings (SSSR count). The number of hydrogen-bond donors (Lipinski definition) is 0. The van der Waals surface area contributed by atoms with E-state index in [0.29, 0.717) is 24.3 Å². The van der Waals surface area contributed by atoms with E-state index < -0.39 is 11.9 Å². The molecule has 0 saturated heterocycles. The Labute approximate surface area is 127 Å². The van der Waals surface area contributed by atoms with Crippen LogP contribution in [0.15, 0.2) is 42.5 Å². The molecule has 0 N–H and O–H groups in total. The van der Waals surface area contributed by atoms with Crippen LogP contribution >= 0.6 is 0 Å². The maximum Gasteiger partial charge on any atom is 0.322 e. The van der Waals surface area contributed by atoms with Gasteiger partial charge in [0.1, 0.15) is 17.4 Å².